The summed E-state index contributed by atoms with van der Waals surface area (Å²) in [4.78, 5) is 12.2. The fourth-order valence-electron chi connectivity index (χ4n) is 1.71. The zero-order valence-corrected chi connectivity index (χ0v) is 11.8. The summed E-state index contributed by atoms with van der Waals surface area (Å²) in [5.41, 5.74) is -0.628. The molecule has 1 aromatic carbocycles. The second-order valence-electron chi connectivity index (χ2n) is 4.74. The van der Waals surface area contributed by atoms with E-state index in [0.29, 0.717) is 12.0 Å². The number of carbonyl (C=O) groups excluding carboxylic acids is 1. The van der Waals surface area contributed by atoms with Gasteiger partial charge in [0.2, 0.25) is 10.0 Å². The van der Waals surface area contributed by atoms with Crippen LogP contribution in [0.15, 0.2) is 30.3 Å². The largest absolute Gasteiger partial charge is 0.292 e. The maximum atomic E-state index is 12.2. The number of hydrogen-bond acceptors (Lipinski definition) is 3. The van der Waals surface area contributed by atoms with Gasteiger partial charge in [0.15, 0.2) is 5.78 Å². The van der Waals surface area contributed by atoms with Crippen molar-refractivity contribution in [2.24, 2.45) is 0 Å². The van der Waals surface area contributed by atoms with Crippen LogP contribution in [0.3, 0.4) is 0 Å². The van der Waals surface area contributed by atoms with Gasteiger partial charge in [0.25, 0.3) is 0 Å². The van der Waals surface area contributed by atoms with Crippen molar-refractivity contribution in [2.75, 3.05) is 5.75 Å². The van der Waals surface area contributed by atoms with Crippen LogP contribution in [0, 0.1) is 0 Å². The van der Waals surface area contributed by atoms with Gasteiger partial charge in [0.05, 0.1) is 11.3 Å². The first kappa shape index (κ1) is 14.9. The highest BCUT2D eigenvalue weighted by Gasteiger charge is 2.32. The van der Waals surface area contributed by atoms with Crippen molar-refractivity contribution >= 4 is 15.8 Å². The second kappa shape index (κ2) is 5.63. The Morgan fingerprint density at radius 3 is 2.28 bits per heavy atom. The van der Waals surface area contributed by atoms with Gasteiger partial charge >= 0.3 is 0 Å². The monoisotopic (exact) mass is 269 g/mol. The summed E-state index contributed by atoms with van der Waals surface area (Å²) in [6, 6.07) is 8.68. The first-order valence-corrected chi connectivity index (χ1v) is 7.55. The van der Waals surface area contributed by atoms with Crippen LogP contribution in [-0.2, 0) is 10.0 Å². The maximum absolute atomic E-state index is 12.2. The fourth-order valence-corrected chi connectivity index (χ4v) is 3.21. The molecule has 0 atom stereocenters. The minimum absolute atomic E-state index is 0.0263. The highest BCUT2D eigenvalue weighted by Crippen LogP contribution is 2.14. The van der Waals surface area contributed by atoms with E-state index in [-0.39, 0.29) is 11.5 Å². The van der Waals surface area contributed by atoms with Gasteiger partial charge in [-0.25, -0.2) is 13.1 Å². The molecule has 0 bridgehead atoms. The normalized spacial score (nSPS) is 12.4. The number of carbonyl (C=O) groups is 1. The van der Waals surface area contributed by atoms with Crippen LogP contribution in [0.4, 0.5) is 0 Å². The minimum atomic E-state index is -3.41. The molecule has 0 saturated carbocycles. The predicted molar refractivity (Wildman–Crippen MR) is 72.1 cm³/mol. The zero-order chi connectivity index (χ0) is 13.8. The van der Waals surface area contributed by atoms with Gasteiger partial charge in [-0.1, -0.05) is 37.3 Å². The lowest BCUT2D eigenvalue weighted by Crippen LogP contribution is -2.50. The smallest absolute Gasteiger partial charge is 0.212 e. The van der Waals surface area contributed by atoms with Crippen molar-refractivity contribution in [3.05, 3.63) is 35.9 Å². The topological polar surface area (TPSA) is 63.2 Å². The van der Waals surface area contributed by atoms with Crippen molar-refractivity contribution in [3.8, 4) is 0 Å². The summed E-state index contributed by atoms with van der Waals surface area (Å²) in [7, 11) is -3.41. The molecular weight excluding hydrogens is 250 g/mol. The lowest BCUT2D eigenvalue weighted by atomic mass is 9.94. The molecule has 0 aromatic heterocycles. The highest BCUT2D eigenvalue weighted by molar-refractivity contribution is 7.89. The van der Waals surface area contributed by atoms with E-state index in [2.05, 4.69) is 4.72 Å². The fraction of sp³-hybridized carbons (Fsp3) is 0.462. The summed E-state index contributed by atoms with van der Waals surface area (Å²) in [5, 5.41) is 0. The molecule has 0 amide bonds. The summed E-state index contributed by atoms with van der Waals surface area (Å²) in [5.74, 6) is -0.207. The van der Waals surface area contributed by atoms with Crippen LogP contribution in [0.2, 0.25) is 0 Å². The van der Waals surface area contributed by atoms with Gasteiger partial charge in [-0.3, -0.25) is 4.79 Å². The summed E-state index contributed by atoms with van der Waals surface area (Å²) in [6.45, 7) is 4.94. The van der Waals surface area contributed by atoms with Crippen molar-refractivity contribution in [3.63, 3.8) is 0 Å². The lowest BCUT2D eigenvalue weighted by molar-refractivity contribution is 0.0901. The van der Waals surface area contributed by atoms with Crippen LogP contribution in [0.5, 0.6) is 0 Å². The molecule has 0 heterocycles. The molecule has 1 aromatic rings. The molecule has 0 aliphatic carbocycles. The molecule has 1 N–H and O–H groups in total. The molecule has 0 aliphatic heterocycles. The van der Waals surface area contributed by atoms with E-state index in [4.69, 9.17) is 0 Å². The molecule has 0 spiro atoms. The molecule has 100 valence electrons. The van der Waals surface area contributed by atoms with Crippen molar-refractivity contribution < 1.29 is 13.2 Å². The van der Waals surface area contributed by atoms with E-state index < -0.39 is 15.6 Å². The van der Waals surface area contributed by atoms with Crippen LogP contribution in [0.25, 0.3) is 0 Å². The Morgan fingerprint density at radius 1 is 1.22 bits per heavy atom. The molecule has 0 radical (unpaired) electrons. The minimum Gasteiger partial charge on any atom is -0.292 e. The number of benzene rings is 1. The molecule has 0 fully saturated rings. The van der Waals surface area contributed by atoms with Crippen LogP contribution < -0.4 is 4.72 Å². The van der Waals surface area contributed by atoms with Gasteiger partial charge in [0, 0.05) is 5.56 Å². The van der Waals surface area contributed by atoms with E-state index in [1.807, 2.05) is 6.07 Å². The van der Waals surface area contributed by atoms with Crippen LogP contribution >= 0.6 is 0 Å². The number of nitrogens with one attached hydrogen (secondary N) is 1. The Balaban J connectivity index is 2.91. The van der Waals surface area contributed by atoms with Crippen LogP contribution in [-0.4, -0.2) is 25.5 Å². The molecule has 5 heteroatoms. The average Bonchev–Trinajstić information content (AvgIpc) is 2.27. The zero-order valence-electron chi connectivity index (χ0n) is 10.9. The third-order valence-corrected chi connectivity index (χ3v) is 4.25. The molecular formula is C13H19NO3S. The van der Waals surface area contributed by atoms with E-state index in [0.717, 1.165) is 0 Å². The second-order valence-corrected chi connectivity index (χ2v) is 6.58. The molecule has 1 rings (SSSR count). The summed E-state index contributed by atoms with van der Waals surface area (Å²) >= 11 is 0. The SMILES string of the molecule is CCCS(=O)(=O)NC(C)(C)C(=O)c1ccccc1. The standard InChI is InChI=1S/C13H19NO3S/c1-4-10-18(16,17)14-13(2,3)12(15)11-8-6-5-7-9-11/h5-9,14H,4,10H2,1-3H3. The molecule has 18 heavy (non-hydrogen) atoms. The van der Waals surface area contributed by atoms with E-state index >= 15 is 0 Å². The Hall–Kier alpha value is -1.20. The third kappa shape index (κ3) is 3.92. The molecule has 4 nitrogen and oxygen atoms in total. The average molecular weight is 269 g/mol. The number of rotatable bonds is 6. The van der Waals surface area contributed by atoms with Crippen molar-refractivity contribution in [1.29, 1.82) is 0 Å². The third-order valence-electron chi connectivity index (χ3n) is 2.49. The van der Waals surface area contributed by atoms with Gasteiger partial charge in [-0.2, -0.15) is 0 Å². The summed E-state index contributed by atoms with van der Waals surface area (Å²) in [6.07, 6.45) is 0.519. The lowest BCUT2D eigenvalue weighted by Gasteiger charge is -2.24. The number of Topliss-reactive ketones (excluding diaryl/α,β-unsaturated/α-hetero) is 1. The highest BCUT2D eigenvalue weighted by atomic mass is 32.2. The summed E-state index contributed by atoms with van der Waals surface area (Å²) < 4.78 is 25.9. The van der Waals surface area contributed by atoms with E-state index in [9.17, 15) is 13.2 Å². The first-order valence-electron chi connectivity index (χ1n) is 5.90. The Labute approximate surface area is 108 Å². The molecule has 0 unspecified atom stereocenters. The molecule has 0 saturated heterocycles. The van der Waals surface area contributed by atoms with Gasteiger partial charge in [0.1, 0.15) is 0 Å². The quantitative estimate of drug-likeness (QED) is 0.803. The van der Waals surface area contributed by atoms with Gasteiger partial charge < -0.3 is 0 Å². The van der Waals surface area contributed by atoms with E-state index in [1.165, 1.54) is 0 Å². The molecule has 0 aliphatic rings. The number of ketones is 1. The van der Waals surface area contributed by atoms with Gasteiger partial charge in [-0.05, 0) is 20.3 Å². The van der Waals surface area contributed by atoms with Crippen molar-refractivity contribution in [1.82, 2.24) is 4.72 Å². The van der Waals surface area contributed by atoms with Gasteiger partial charge in [-0.15, -0.1) is 0 Å². The Kier molecular flexibility index (Phi) is 4.65. The Bertz CT molecular complexity index is 506. The van der Waals surface area contributed by atoms with E-state index in [1.54, 1.807) is 45.0 Å². The number of hydrogen-bond donors (Lipinski definition) is 1. The Morgan fingerprint density at radius 2 is 1.78 bits per heavy atom. The maximum Gasteiger partial charge on any atom is 0.212 e. The first-order chi connectivity index (χ1) is 8.28. The number of sulfonamides is 1. The van der Waals surface area contributed by atoms with Crippen molar-refractivity contribution in [2.45, 2.75) is 32.7 Å². The predicted octanol–water partition coefficient (Wildman–Crippen LogP) is 1.98. The van der Waals surface area contributed by atoms with Crippen LogP contribution in [0.1, 0.15) is 37.6 Å².